The zero-order valence-corrected chi connectivity index (χ0v) is 16.0. The van der Waals surface area contributed by atoms with Gasteiger partial charge in [-0.3, -0.25) is 0 Å². The maximum absolute atomic E-state index is 12.6. The number of anilines is 1. The molecule has 1 fully saturated rings. The van der Waals surface area contributed by atoms with Gasteiger partial charge in [0.15, 0.2) is 0 Å². The fraction of sp³-hybridized carbons (Fsp3) is 0.333. The molecule has 26 heavy (non-hydrogen) atoms. The van der Waals surface area contributed by atoms with E-state index < -0.39 is 9.73 Å². The lowest BCUT2D eigenvalue weighted by molar-refractivity contribution is 0.675. The van der Waals surface area contributed by atoms with E-state index in [1.165, 1.54) is 6.33 Å². The summed E-state index contributed by atoms with van der Waals surface area (Å²) in [6, 6.07) is 5.62. The largest absolute Gasteiger partial charge is 0.371 e. The molecule has 1 aliphatic rings. The van der Waals surface area contributed by atoms with Crippen LogP contribution in [-0.2, 0) is 9.73 Å². The minimum atomic E-state index is -2.82. The lowest BCUT2D eigenvalue weighted by atomic mass is 10.1. The van der Waals surface area contributed by atoms with Gasteiger partial charge in [0.2, 0.25) is 0 Å². The Hall–Kier alpha value is -2.12. The van der Waals surface area contributed by atoms with E-state index in [1.807, 2.05) is 18.2 Å². The van der Waals surface area contributed by atoms with E-state index in [1.54, 1.807) is 13.1 Å². The molecule has 1 aliphatic heterocycles. The molecule has 1 aromatic carbocycles. The molecule has 2 N–H and O–H groups in total. The predicted molar refractivity (Wildman–Crippen MR) is 105 cm³/mol. The highest BCUT2D eigenvalue weighted by atomic mass is 35.5. The number of halogens is 1. The molecular formula is C18H20ClN5OS. The topological polar surface area (TPSA) is 85.7 Å². The smallest absolute Gasteiger partial charge is 0.116 e. The number of nitrogens with zero attached hydrogens (tertiary/aromatic N) is 3. The zero-order valence-electron chi connectivity index (χ0n) is 14.5. The Morgan fingerprint density at radius 3 is 2.81 bits per heavy atom. The number of rotatable bonds is 4. The third kappa shape index (κ3) is 2.85. The number of nitrogens with one attached hydrogen (secondary N) is 2. The first-order valence-electron chi connectivity index (χ1n) is 8.64. The number of H-pyrrole nitrogens is 1. The van der Waals surface area contributed by atoms with E-state index in [4.69, 9.17) is 16.4 Å². The van der Waals surface area contributed by atoms with Crippen LogP contribution in [0, 0.1) is 4.78 Å². The van der Waals surface area contributed by atoms with Crippen molar-refractivity contribution in [3.63, 3.8) is 0 Å². The molecule has 3 aromatic rings. The van der Waals surface area contributed by atoms with Gasteiger partial charge in [-0.1, -0.05) is 18.5 Å². The summed E-state index contributed by atoms with van der Waals surface area (Å²) in [6.45, 7) is 3.73. The summed E-state index contributed by atoms with van der Waals surface area (Å²) < 4.78 is 20.8. The van der Waals surface area contributed by atoms with Gasteiger partial charge in [-0.25, -0.2) is 19.0 Å². The Bertz CT molecular complexity index is 1070. The number of fused-ring (bicyclic) bond motifs is 1. The van der Waals surface area contributed by atoms with Crippen molar-refractivity contribution >= 4 is 38.1 Å². The van der Waals surface area contributed by atoms with Gasteiger partial charge in [0, 0.05) is 35.0 Å². The van der Waals surface area contributed by atoms with Gasteiger partial charge in [0.25, 0.3) is 0 Å². The Kier molecular flexibility index (Phi) is 4.36. The number of benzene rings is 1. The lowest BCUT2D eigenvalue weighted by Crippen LogP contribution is -2.18. The monoisotopic (exact) mass is 389 g/mol. The molecule has 1 atom stereocenters. The first-order chi connectivity index (χ1) is 12.5. The minimum Gasteiger partial charge on any atom is -0.371 e. The molecule has 0 spiro atoms. The van der Waals surface area contributed by atoms with Gasteiger partial charge in [-0.15, -0.1) is 0 Å². The van der Waals surface area contributed by atoms with Crippen molar-refractivity contribution in [1.82, 2.24) is 15.0 Å². The van der Waals surface area contributed by atoms with Gasteiger partial charge >= 0.3 is 0 Å². The molecule has 8 heteroatoms. The zero-order chi connectivity index (χ0) is 18.3. The maximum Gasteiger partial charge on any atom is 0.116 e. The van der Waals surface area contributed by atoms with E-state index in [2.05, 4.69) is 19.9 Å². The Labute approximate surface area is 157 Å². The normalized spacial score (nSPS) is 16.9. The second kappa shape index (κ2) is 6.55. The summed E-state index contributed by atoms with van der Waals surface area (Å²) in [5.41, 5.74) is 4.06. The van der Waals surface area contributed by atoms with Crippen LogP contribution in [0.2, 0.25) is 5.02 Å². The van der Waals surface area contributed by atoms with Crippen LogP contribution in [-0.4, -0.2) is 38.0 Å². The molecule has 4 rings (SSSR count). The van der Waals surface area contributed by atoms with Crippen LogP contribution in [0.3, 0.4) is 0 Å². The third-order valence-corrected chi connectivity index (χ3v) is 7.07. The van der Waals surface area contributed by atoms with E-state index in [-0.39, 0.29) is 5.75 Å². The van der Waals surface area contributed by atoms with Crippen LogP contribution >= 0.6 is 11.6 Å². The Balaban J connectivity index is 1.96. The van der Waals surface area contributed by atoms with Crippen molar-refractivity contribution in [1.29, 1.82) is 4.78 Å². The molecule has 1 saturated heterocycles. The van der Waals surface area contributed by atoms with Crippen LogP contribution < -0.4 is 4.90 Å². The van der Waals surface area contributed by atoms with Crippen LogP contribution in [0.4, 0.5) is 5.69 Å². The van der Waals surface area contributed by atoms with Gasteiger partial charge < -0.3 is 9.88 Å². The van der Waals surface area contributed by atoms with Crippen LogP contribution in [0.15, 0.2) is 35.6 Å². The van der Waals surface area contributed by atoms with Crippen molar-refractivity contribution in [2.24, 2.45) is 0 Å². The molecule has 6 nitrogen and oxygen atoms in total. The number of hydrogen-bond donors (Lipinski definition) is 2. The predicted octanol–water partition coefficient (Wildman–Crippen LogP) is 4.30. The second-order valence-corrected chi connectivity index (χ2v) is 9.21. The summed E-state index contributed by atoms with van der Waals surface area (Å²) in [5.74, 6) is 0.279. The molecular weight excluding hydrogens is 370 g/mol. The average molecular weight is 390 g/mol. The SMILES string of the molecule is CCS(=N)(=O)c1ccc(N2CCCC2)c(-c2[nH]c3cncnc3c2Cl)c1. The summed E-state index contributed by atoms with van der Waals surface area (Å²) >= 11 is 6.61. The van der Waals surface area contributed by atoms with Crippen LogP contribution in [0.5, 0.6) is 0 Å². The van der Waals surface area contributed by atoms with E-state index in [9.17, 15) is 4.21 Å². The van der Waals surface area contributed by atoms with Gasteiger partial charge in [-0.05, 0) is 31.0 Å². The van der Waals surface area contributed by atoms with Crippen molar-refractivity contribution in [2.75, 3.05) is 23.7 Å². The molecule has 0 saturated carbocycles. The third-order valence-electron chi connectivity index (χ3n) is 4.87. The number of aromatic nitrogens is 3. The van der Waals surface area contributed by atoms with Crippen molar-refractivity contribution in [3.8, 4) is 11.3 Å². The van der Waals surface area contributed by atoms with Crippen molar-refractivity contribution in [2.45, 2.75) is 24.7 Å². The van der Waals surface area contributed by atoms with Crippen LogP contribution in [0.25, 0.3) is 22.3 Å². The first-order valence-corrected chi connectivity index (χ1v) is 10.7. The molecule has 2 aromatic heterocycles. The van der Waals surface area contributed by atoms with E-state index in [0.717, 1.165) is 48.4 Å². The molecule has 0 bridgehead atoms. The Morgan fingerprint density at radius 1 is 1.35 bits per heavy atom. The first kappa shape index (κ1) is 17.3. The quantitative estimate of drug-likeness (QED) is 0.696. The highest BCUT2D eigenvalue weighted by Crippen LogP contribution is 2.40. The van der Waals surface area contributed by atoms with Crippen LogP contribution in [0.1, 0.15) is 19.8 Å². The lowest BCUT2D eigenvalue weighted by Gasteiger charge is -2.22. The highest BCUT2D eigenvalue weighted by Gasteiger charge is 2.22. The van der Waals surface area contributed by atoms with Crippen molar-refractivity contribution in [3.05, 3.63) is 35.7 Å². The number of hydrogen-bond acceptors (Lipinski definition) is 5. The summed E-state index contributed by atoms with van der Waals surface area (Å²) in [6.07, 6.45) is 5.46. The van der Waals surface area contributed by atoms with Gasteiger partial charge in [-0.2, -0.15) is 0 Å². The van der Waals surface area contributed by atoms with Gasteiger partial charge in [0.05, 0.1) is 32.2 Å². The maximum atomic E-state index is 12.6. The fourth-order valence-corrected chi connectivity index (χ4v) is 4.64. The molecule has 0 aliphatic carbocycles. The van der Waals surface area contributed by atoms with E-state index in [0.29, 0.717) is 15.4 Å². The van der Waals surface area contributed by atoms with Crippen molar-refractivity contribution < 1.29 is 4.21 Å². The molecule has 136 valence electrons. The highest BCUT2D eigenvalue weighted by molar-refractivity contribution is 7.92. The van der Waals surface area contributed by atoms with E-state index >= 15 is 0 Å². The summed E-state index contributed by atoms with van der Waals surface area (Å²) in [7, 11) is -2.82. The molecule has 0 radical (unpaired) electrons. The standard InChI is InChI=1S/C18H20ClN5OS/c1-2-26(20,25)12-5-6-15(24-7-3-4-8-24)13(9-12)17-16(19)18-14(23-17)10-21-11-22-18/h5-6,9-11,20,23H,2-4,7-8H2,1H3. The minimum absolute atomic E-state index is 0.279. The molecule has 1 unspecified atom stereocenters. The average Bonchev–Trinajstić information content (AvgIpc) is 3.30. The molecule has 3 heterocycles. The fourth-order valence-electron chi connectivity index (χ4n) is 3.41. The summed E-state index contributed by atoms with van der Waals surface area (Å²) in [5, 5.41) is 0.521. The molecule has 0 amide bonds. The summed E-state index contributed by atoms with van der Waals surface area (Å²) in [4.78, 5) is 14.4. The van der Waals surface area contributed by atoms with Gasteiger partial charge in [0.1, 0.15) is 11.8 Å². The Morgan fingerprint density at radius 2 is 2.12 bits per heavy atom. The second-order valence-electron chi connectivity index (χ2n) is 6.44. The number of aromatic amines is 1.